The molecule has 0 aromatic heterocycles. The van der Waals surface area contributed by atoms with E-state index in [4.69, 9.17) is 10.00 Å². The minimum atomic E-state index is -4.06. The molecular weight excluding hydrogens is 392 g/mol. The Bertz CT molecular complexity index is 1090. The molecule has 150 valence electrons. The van der Waals surface area contributed by atoms with E-state index in [2.05, 4.69) is 4.72 Å². The standard InChI is InChI=1S/C21H20N2O5S/c22-12-18-7-3-4-8-20(18)29(26,27)23-13-21(25)28-14-19(24)17-10-9-15-5-1-2-6-16(15)11-17/h3-4,7-11,23H,1-2,5-6,13-14H2. The third-order valence-corrected chi connectivity index (χ3v) is 6.20. The van der Waals surface area contributed by atoms with Crippen molar-refractivity contribution in [3.63, 3.8) is 0 Å². The van der Waals surface area contributed by atoms with Gasteiger partial charge in [0, 0.05) is 5.56 Å². The zero-order valence-corrected chi connectivity index (χ0v) is 16.5. The van der Waals surface area contributed by atoms with Crippen molar-refractivity contribution in [3.05, 3.63) is 64.7 Å². The van der Waals surface area contributed by atoms with E-state index in [0.29, 0.717) is 5.56 Å². The van der Waals surface area contributed by atoms with Gasteiger partial charge >= 0.3 is 5.97 Å². The topological polar surface area (TPSA) is 113 Å². The lowest BCUT2D eigenvalue weighted by molar-refractivity contribution is -0.141. The van der Waals surface area contributed by atoms with E-state index in [1.807, 2.05) is 12.1 Å². The SMILES string of the molecule is N#Cc1ccccc1S(=O)(=O)NCC(=O)OCC(=O)c1ccc2c(c1)CCCC2. The number of rotatable bonds is 7. The summed E-state index contributed by atoms with van der Waals surface area (Å²) in [6.45, 7) is -1.10. The molecule has 0 saturated heterocycles. The predicted octanol–water partition coefficient (Wildman–Crippen LogP) is 2.14. The van der Waals surface area contributed by atoms with Crippen LogP contribution in [0.25, 0.3) is 0 Å². The molecule has 7 nitrogen and oxygen atoms in total. The predicted molar refractivity (Wildman–Crippen MR) is 105 cm³/mol. The molecule has 3 rings (SSSR count). The summed E-state index contributed by atoms with van der Waals surface area (Å²) in [7, 11) is -4.06. The van der Waals surface area contributed by atoms with E-state index in [0.717, 1.165) is 31.2 Å². The first-order chi connectivity index (χ1) is 13.9. The van der Waals surface area contributed by atoms with Crippen molar-refractivity contribution in [2.24, 2.45) is 0 Å². The largest absolute Gasteiger partial charge is 0.456 e. The Hall–Kier alpha value is -3.02. The van der Waals surface area contributed by atoms with E-state index in [9.17, 15) is 18.0 Å². The summed E-state index contributed by atoms with van der Waals surface area (Å²) in [5.41, 5.74) is 2.84. The molecule has 29 heavy (non-hydrogen) atoms. The van der Waals surface area contributed by atoms with Crippen LogP contribution in [-0.4, -0.2) is 33.3 Å². The Labute approximate surface area is 169 Å². The molecule has 0 unspecified atom stereocenters. The van der Waals surface area contributed by atoms with Gasteiger partial charge in [-0.05, 0) is 55.0 Å². The average molecular weight is 412 g/mol. The van der Waals surface area contributed by atoms with Crippen LogP contribution in [0.2, 0.25) is 0 Å². The lowest BCUT2D eigenvalue weighted by Gasteiger charge is -2.16. The van der Waals surface area contributed by atoms with Gasteiger partial charge in [-0.1, -0.05) is 24.3 Å². The molecule has 0 saturated carbocycles. The summed E-state index contributed by atoms with van der Waals surface area (Å²) in [4.78, 5) is 23.9. The van der Waals surface area contributed by atoms with E-state index in [1.165, 1.54) is 29.8 Å². The Balaban J connectivity index is 1.55. The number of esters is 1. The molecule has 8 heteroatoms. The average Bonchev–Trinajstić information content (AvgIpc) is 2.75. The number of Topliss-reactive ketones (excluding diaryl/α,β-unsaturated/α-hetero) is 1. The number of nitrogens with one attached hydrogen (secondary N) is 1. The maximum atomic E-state index is 12.3. The third-order valence-electron chi connectivity index (χ3n) is 4.74. The molecule has 0 aliphatic heterocycles. The highest BCUT2D eigenvalue weighted by Gasteiger charge is 2.20. The zero-order valence-electron chi connectivity index (χ0n) is 15.7. The Morgan fingerprint density at radius 2 is 1.79 bits per heavy atom. The lowest BCUT2D eigenvalue weighted by atomic mass is 9.90. The fourth-order valence-corrected chi connectivity index (χ4v) is 4.34. The van der Waals surface area contributed by atoms with Crippen LogP contribution >= 0.6 is 0 Å². The Morgan fingerprint density at radius 1 is 1.07 bits per heavy atom. The van der Waals surface area contributed by atoms with Gasteiger partial charge in [0.25, 0.3) is 0 Å². The minimum Gasteiger partial charge on any atom is -0.456 e. The molecule has 2 aromatic carbocycles. The van der Waals surface area contributed by atoms with Crippen LogP contribution in [0.5, 0.6) is 0 Å². The van der Waals surface area contributed by atoms with Crippen LogP contribution in [-0.2, 0) is 32.4 Å². The van der Waals surface area contributed by atoms with Crippen LogP contribution < -0.4 is 4.72 Å². The molecule has 0 bridgehead atoms. The second-order valence-corrected chi connectivity index (χ2v) is 8.44. The summed E-state index contributed by atoms with van der Waals surface area (Å²) < 4.78 is 31.6. The van der Waals surface area contributed by atoms with Gasteiger partial charge in [0.05, 0.1) is 10.5 Å². The highest BCUT2D eigenvalue weighted by Crippen LogP contribution is 2.22. The maximum Gasteiger partial charge on any atom is 0.321 e. The highest BCUT2D eigenvalue weighted by molar-refractivity contribution is 7.89. The van der Waals surface area contributed by atoms with Crippen molar-refractivity contribution in [3.8, 4) is 6.07 Å². The first-order valence-corrected chi connectivity index (χ1v) is 10.7. The van der Waals surface area contributed by atoms with Crippen molar-refractivity contribution >= 4 is 21.8 Å². The summed E-state index contributed by atoms with van der Waals surface area (Å²) in [6.07, 6.45) is 4.18. The first-order valence-electron chi connectivity index (χ1n) is 9.20. The molecule has 1 aliphatic rings. The van der Waals surface area contributed by atoms with E-state index in [1.54, 1.807) is 12.1 Å². The molecule has 1 aliphatic carbocycles. The molecule has 0 spiro atoms. The van der Waals surface area contributed by atoms with Gasteiger partial charge in [-0.25, -0.2) is 8.42 Å². The molecule has 2 aromatic rings. The van der Waals surface area contributed by atoms with Crippen LogP contribution in [0.3, 0.4) is 0 Å². The summed E-state index contributed by atoms with van der Waals surface area (Å²) in [5, 5.41) is 9.02. The van der Waals surface area contributed by atoms with Gasteiger partial charge in [0.15, 0.2) is 12.4 Å². The van der Waals surface area contributed by atoms with Crippen molar-refractivity contribution in [2.45, 2.75) is 30.6 Å². The van der Waals surface area contributed by atoms with Crippen molar-refractivity contribution in [1.29, 1.82) is 5.26 Å². The number of nitrogens with zero attached hydrogens (tertiary/aromatic N) is 1. The molecule has 0 atom stereocenters. The van der Waals surface area contributed by atoms with Crippen LogP contribution in [0, 0.1) is 11.3 Å². The Kier molecular flexibility index (Phi) is 6.42. The fourth-order valence-electron chi connectivity index (χ4n) is 3.21. The number of benzene rings is 2. The van der Waals surface area contributed by atoms with Gasteiger partial charge in [-0.3, -0.25) is 9.59 Å². The van der Waals surface area contributed by atoms with Crippen molar-refractivity contribution < 1.29 is 22.7 Å². The number of hydrogen-bond acceptors (Lipinski definition) is 6. The summed E-state index contributed by atoms with van der Waals surface area (Å²) in [6, 6.07) is 12.9. The van der Waals surface area contributed by atoms with Gasteiger partial charge < -0.3 is 4.74 Å². The molecule has 0 radical (unpaired) electrons. The smallest absolute Gasteiger partial charge is 0.321 e. The van der Waals surface area contributed by atoms with Crippen LogP contribution in [0.1, 0.15) is 39.9 Å². The highest BCUT2D eigenvalue weighted by atomic mass is 32.2. The number of nitriles is 1. The normalized spacial score (nSPS) is 13.2. The number of carbonyl (C=O) groups excluding carboxylic acids is 2. The van der Waals surface area contributed by atoms with Crippen LogP contribution in [0.4, 0.5) is 0 Å². The van der Waals surface area contributed by atoms with Gasteiger partial charge in [-0.2, -0.15) is 9.98 Å². The molecule has 0 amide bonds. The van der Waals surface area contributed by atoms with E-state index < -0.39 is 29.1 Å². The fraction of sp³-hybridized carbons (Fsp3) is 0.286. The van der Waals surface area contributed by atoms with Crippen molar-refractivity contribution in [1.82, 2.24) is 4.72 Å². The molecule has 0 heterocycles. The zero-order chi connectivity index (χ0) is 20.9. The number of aryl methyl sites for hydroxylation is 2. The monoisotopic (exact) mass is 412 g/mol. The number of sulfonamides is 1. The lowest BCUT2D eigenvalue weighted by Crippen LogP contribution is -2.32. The summed E-state index contributed by atoms with van der Waals surface area (Å²) >= 11 is 0. The van der Waals surface area contributed by atoms with E-state index in [-0.39, 0.29) is 16.2 Å². The second-order valence-electron chi connectivity index (χ2n) is 6.71. The van der Waals surface area contributed by atoms with E-state index >= 15 is 0 Å². The quantitative estimate of drug-likeness (QED) is 0.551. The number of carbonyl (C=O) groups is 2. The molecule has 1 N–H and O–H groups in total. The third kappa shape index (κ3) is 5.08. The molecule has 0 fully saturated rings. The minimum absolute atomic E-state index is 0.0315. The Morgan fingerprint density at radius 3 is 2.55 bits per heavy atom. The van der Waals surface area contributed by atoms with Gasteiger partial charge in [-0.15, -0.1) is 0 Å². The number of ketones is 1. The van der Waals surface area contributed by atoms with Gasteiger partial charge in [0.1, 0.15) is 12.6 Å². The van der Waals surface area contributed by atoms with Crippen molar-refractivity contribution in [2.75, 3.05) is 13.2 Å². The first kappa shape index (κ1) is 20.7. The van der Waals surface area contributed by atoms with Gasteiger partial charge in [0.2, 0.25) is 10.0 Å². The summed E-state index contributed by atoms with van der Waals surface area (Å²) in [5.74, 6) is -1.22. The second kappa shape index (κ2) is 8.99. The molecular formula is C21H20N2O5S. The number of hydrogen-bond donors (Lipinski definition) is 1. The number of ether oxygens (including phenoxy) is 1. The maximum absolute atomic E-state index is 12.3. The van der Waals surface area contributed by atoms with Crippen LogP contribution in [0.15, 0.2) is 47.4 Å². The number of fused-ring (bicyclic) bond motifs is 1.